The number of methoxy groups -OCH3 is 1. The highest BCUT2D eigenvalue weighted by atomic mass is 35.5. The molecule has 0 saturated carbocycles. The number of hydrogen-bond acceptors (Lipinski definition) is 4. The zero-order valence-corrected chi connectivity index (χ0v) is 17.0. The van der Waals surface area contributed by atoms with Crippen molar-refractivity contribution in [3.63, 3.8) is 0 Å². The topological polar surface area (TPSA) is 64.4 Å². The van der Waals surface area contributed by atoms with Gasteiger partial charge in [-0.25, -0.2) is 4.98 Å². The number of ether oxygens (including phenoxy) is 1. The molecule has 0 aliphatic rings. The Kier molecular flexibility index (Phi) is 4.99. The van der Waals surface area contributed by atoms with Crippen molar-refractivity contribution in [2.24, 2.45) is 0 Å². The minimum atomic E-state index is -0.301. The van der Waals surface area contributed by atoms with Gasteiger partial charge in [-0.05, 0) is 73.5 Å². The summed E-state index contributed by atoms with van der Waals surface area (Å²) in [6.07, 6.45) is 0. The zero-order chi connectivity index (χ0) is 20.5. The van der Waals surface area contributed by atoms with Crippen molar-refractivity contribution in [1.29, 1.82) is 0 Å². The van der Waals surface area contributed by atoms with E-state index >= 15 is 0 Å². The van der Waals surface area contributed by atoms with E-state index in [4.69, 9.17) is 20.8 Å². The van der Waals surface area contributed by atoms with Crippen molar-refractivity contribution >= 4 is 34.3 Å². The molecule has 3 aromatic carbocycles. The Balaban J connectivity index is 1.58. The Hall–Kier alpha value is -3.31. The number of aromatic nitrogens is 1. The number of aryl methyl sites for hydroxylation is 2. The molecule has 0 aliphatic heterocycles. The van der Waals surface area contributed by atoms with E-state index in [0.29, 0.717) is 27.9 Å². The first-order chi connectivity index (χ1) is 13.9. The third-order valence-corrected chi connectivity index (χ3v) is 4.85. The Labute approximate surface area is 173 Å². The van der Waals surface area contributed by atoms with Crippen LogP contribution in [0.4, 0.5) is 5.69 Å². The van der Waals surface area contributed by atoms with Crippen molar-refractivity contribution in [2.75, 3.05) is 12.4 Å². The molecule has 29 heavy (non-hydrogen) atoms. The third-order valence-electron chi connectivity index (χ3n) is 4.62. The normalized spacial score (nSPS) is 10.9. The predicted octanol–water partition coefficient (Wildman–Crippen LogP) is 6.03. The van der Waals surface area contributed by atoms with Gasteiger partial charge in [-0.15, -0.1) is 0 Å². The quantitative estimate of drug-likeness (QED) is 0.449. The van der Waals surface area contributed by atoms with Crippen molar-refractivity contribution in [3.05, 3.63) is 76.3 Å². The molecule has 1 N–H and O–H groups in total. The molecular formula is C23H19ClN2O3. The van der Waals surface area contributed by atoms with E-state index in [2.05, 4.69) is 16.4 Å². The molecule has 4 rings (SSSR count). The summed E-state index contributed by atoms with van der Waals surface area (Å²) < 4.78 is 11.2. The molecule has 0 radical (unpaired) electrons. The molecule has 1 amide bonds. The molecule has 146 valence electrons. The fourth-order valence-electron chi connectivity index (χ4n) is 3.25. The minimum Gasteiger partial charge on any atom is -0.496 e. The summed E-state index contributed by atoms with van der Waals surface area (Å²) in [4.78, 5) is 17.2. The van der Waals surface area contributed by atoms with Gasteiger partial charge in [0.2, 0.25) is 5.89 Å². The van der Waals surface area contributed by atoms with Crippen LogP contribution in [0.1, 0.15) is 21.5 Å². The summed E-state index contributed by atoms with van der Waals surface area (Å²) in [6.45, 7) is 4.04. The van der Waals surface area contributed by atoms with Crippen molar-refractivity contribution in [3.8, 4) is 17.2 Å². The van der Waals surface area contributed by atoms with E-state index in [1.165, 1.54) is 7.11 Å². The first-order valence-corrected chi connectivity index (χ1v) is 9.45. The fourth-order valence-corrected chi connectivity index (χ4v) is 3.42. The van der Waals surface area contributed by atoms with Crippen LogP contribution < -0.4 is 10.1 Å². The van der Waals surface area contributed by atoms with Gasteiger partial charge in [-0.1, -0.05) is 17.7 Å². The van der Waals surface area contributed by atoms with Crippen LogP contribution in [-0.4, -0.2) is 18.0 Å². The van der Waals surface area contributed by atoms with Gasteiger partial charge in [0.25, 0.3) is 5.91 Å². The predicted molar refractivity (Wildman–Crippen MR) is 115 cm³/mol. The molecular weight excluding hydrogens is 388 g/mol. The summed E-state index contributed by atoms with van der Waals surface area (Å²) >= 11 is 6.01. The highest BCUT2D eigenvalue weighted by molar-refractivity contribution is 6.31. The van der Waals surface area contributed by atoms with Crippen LogP contribution in [0.5, 0.6) is 5.75 Å². The molecule has 4 aromatic rings. The Morgan fingerprint density at radius 1 is 1.07 bits per heavy atom. The average Bonchev–Trinajstić information content (AvgIpc) is 3.13. The maximum atomic E-state index is 12.6. The van der Waals surface area contributed by atoms with Crippen molar-refractivity contribution in [2.45, 2.75) is 13.8 Å². The van der Waals surface area contributed by atoms with Gasteiger partial charge in [-0.2, -0.15) is 0 Å². The lowest BCUT2D eigenvalue weighted by Gasteiger charge is -2.10. The Morgan fingerprint density at radius 3 is 2.55 bits per heavy atom. The van der Waals surface area contributed by atoms with Gasteiger partial charge < -0.3 is 14.5 Å². The van der Waals surface area contributed by atoms with Crippen LogP contribution in [0, 0.1) is 13.8 Å². The van der Waals surface area contributed by atoms with Crippen LogP contribution in [-0.2, 0) is 0 Å². The maximum Gasteiger partial charge on any atom is 0.259 e. The smallest absolute Gasteiger partial charge is 0.259 e. The number of hydrogen-bond donors (Lipinski definition) is 1. The molecule has 0 aliphatic carbocycles. The first kappa shape index (κ1) is 19.0. The number of nitrogens with zero attached hydrogens (tertiary/aromatic N) is 1. The SMILES string of the molecule is COc1ccc(Cl)cc1C(=O)Nc1ccc(-c2nc3cc(C)cc(C)c3o2)cc1. The van der Waals surface area contributed by atoms with E-state index in [0.717, 1.165) is 27.8 Å². The number of carbonyl (C=O) groups excluding carboxylic acids is 1. The lowest BCUT2D eigenvalue weighted by atomic mass is 10.1. The summed E-state index contributed by atoms with van der Waals surface area (Å²) in [5.74, 6) is 0.703. The van der Waals surface area contributed by atoms with Crippen LogP contribution in [0.3, 0.4) is 0 Å². The van der Waals surface area contributed by atoms with E-state index in [-0.39, 0.29) is 5.91 Å². The summed E-state index contributed by atoms with van der Waals surface area (Å²) in [7, 11) is 1.51. The van der Waals surface area contributed by atoms with Gasteiger partial charge in [0.05, 0.1) is 12.7 Å². The van der Waals surface area contributed by atoms with Crippen LogP contribution in [0.15, 0.2) is 59.0 Å². The van der Waals surface area contributed by atoms with Crippen molar-refractivity contribution < 1.29 is 13.9 Å². The maximum absolute atomic E-state index is 12.6. The number of rotatable bonds is 4. The molecule has 0 spiro atoms. The summed E-state index contributed by atoms with van der Waals surface area (Å²) in [6, 6.07) is 16.3. The number of anilines is 1. The Bertz CT molecular complexity index is 1210. The van der Waals surface area contributed by atoms with E-state index in [1.807, 2.05) is 32.0 Å². The average molecular weight is 407 g/mol. The molecule has 0 unspecified atom stereocenters. The monoisotopic (exact) mass is 406 g/mol. The van der Waals surface area contributed by atoms with E-state index in [9.17, 15) is 4.79 Å². The number of fused-ring (bicyclic) bond motifs is 1. The third kappa shape index (κ3) is 3.82. The fraction of sp³-hybridized carbons (Fsp3) is 0.130. The Morgan fingerprint density at radius 2 is 1.83 bits per heavy atom. The minimum absolute atomic E-state index is 0.301. The molecule has 5 nitrogen and oxygen atoms in total. The second-order valence-corrected chi connectivity index (χ2v) is 7.26. The standard InChI is InChI=1S/C23H19ClN2O3/c1-13-10-14(2)21-19(11-13)26-23(29-21)15-4-7-17(8-5-15)25-22(27)18-12-16(24)6-9-20(18)28-3/h4-12H,1-3H3,(H,25,27). The van der Waals surface area contributed by atoms with Gasteiger partial charge in [0.1, 0.15) is 11.3 Å². The van der Waals surface area contributed by atoms with Gasteiger partial charge in [0.15, 0.2) is 5.58 Å². The number of carbonyl (C=O) groups is 1. The van der Waals surface area contributed by atoms with Crippen molar-refractivity contribution in [1.82, 2.24) is 4.98 Å². The van der Waals surface area contributed by atoms with E-state index in [1.54, 1.807) is 30.3 Å². The molecule has 0 saturated heterocycles. The van der Waals surface area contributed by atoms with Crippen LogP contribution in [0.25, 0.3) is 22.6 Å². The number of amides is 1. The molecule has 1 heterocycles. The molecule has 0 atom stereocenters. The van der Waals surface area contributed by atoms with E-state index < -0.39 is 0 Å². The second kappa shape index (κ2) is 7.60. The van der Waals surface area contributed by atoms with Gasteiger partial charge in [0, 0.05) is 16.3 Å². The zero-order valence-electron chi connectivity index (χ0n) is 16.2. The summed E-state index contributed by atoms with van der Waals surface area (Å²) in [5.41, 5.74) is 5.66. The van der Waals surface area contributed by atoms with Crippen LogP contribution in [0.2, 0.25) is 5.02 Å². The van der Waals surface area contributed by atoms with Gasteiger partial charge >= 0.3 is 0 Å². The number of oxazole rings is 1. The second-order valence-electron chi connectivity index (χ2n) is 6.83. The molecule has 6 heteroatoms. The number of nitrogens with one attached hydrogen (secondary N) is 1. The highest BCUT2D eigenvalue weighted by Gasteiger charge is 2.14. The molecule has 0 fully saturated rings. The lowest BCUT2D eigenvalue weighted by Crippen LogP contribution is -2.13. The largest absolute Gasteiger partial charge is 0.496 e. The molecule has 1 aromatic heterocycles. The number of halogens is 1. The highest BCUT2D eigenvalue weighted by Crippen LogP contribution is 2.29. The van der Waals surface area contributed by atoms with Gasteiger partial charge in [-0.3, -0.25) is 4.79 Å². The number of benzene rings is 3. The lowest BCUT2D eigenvalue weighted by molar-refractivity contribution is 0.102. The first-order valence-electron chi connectivity index (χ1n) is 9.08. The van der Waals surface area contributed by atoms with Crippen LogP contribution >= 0.6 is 11.6 Å². The summed E-state index contributed by atoms with van der Waals surface area (Å²) in [5, 5.41) is 3.32. The molecule has 0 bridgehead atoms.